The molecule has 1 N–H and O–H groups in total. The summed E-state index contributed by atoms with van der Waals surface area (Å²) in [7, 11) is 2.08. The van der Waals surface area contributed by atoms with Crippen molar-refractivity contribution in [1.82, 2.24) is 15.3 Å². The number of piperazine rings is 1. The molecule has 144 valence electrons. The monoisotopic (exact) mass is 397 g/mol. The second-order valence-electron chi connectivity index (χ2n) is 6.11. The summed E-state index contributed by atoms with van der Waals surface area (Å²) in [6, 6.07) is 3.96. The van der Waals surface area contributed by atoms with Gasteiger partial charge in [-0.1, -0.05) is 11.3 Å². The Balaban J connectivity index is 1.55. The lowest BCUT2D eigenvalue weighted by Crippen LogP contribution is -2.44. The summed E-state index contributed by atoms with van der Waals surface area (Å²) in [5, 5.41) is 4.76. The number of alkyl halides is 3. The van der Waals surface area contributed by atoms with E-state index in [1.165, 1.54) is 17.6 Å². The largest absolute Gasteiger partial charge is 0.416 e. The number of nitrogens with zero attached hydrogens (tertiary/aromatic N) is 4. The molecule has 1 aromatic heterocycles. The number of anilines is 1. The van der Waals surface area contributed by atoms with E-state index in [4.69, 9.17) is 0 Å². The quantitative estimate of drug-likeness (QED) is 0.637. The van der Waals surface area contributed by atoms with Crippen molar-refractivity contribution in [3.8, 4) is 0 Å². The normalized spacial score (nSPS) is 16.1. The molecular formula is C17H18F3N5OS. The number of carbonyl (C=O) groups excluding carboxylic acids is 1. The first-order valence-corrected chi connectivity index (χ1v) is 9.04. The summed E-state index contributed by atoms with van der Waals surface area (Å²) in [5.74, 6) is -0.580. The molecule has 0 saturated carbocycles. The minimum atomic E-state index is -4.43. The minimum absolute atomic E-state index is 0.0996. The van der Waals surface area contributed by atoms with Crippen molar-refractivity contribution in [3.05, 3.63) is 46.5 Å². The van der Waals surface area contributed by atoms with Crippen molar-refractivity contribution in [1.29, 1.82) is 0 Å². The zero-order valence-corrected chi connectivity index (χ0v) is 15.3. The van der Waals surface area contributed by atoms with Crippen molar-refractivity contribution in [3.63, 3.8) is 0 Å². The van der Waals surface area contributed by atoms with Gasteiger partial charge in [-0.15, -0.1) is 0 Å². The van der Waals surface area contributed by atoms with Gasteiger partial charge >= 0.3 is 6.18 Å². The van der Waals surface area contributed by atoms with Gasteiger partial charge in [0, 0.05) is 37.9 Å². The van der Waals surface area contributed by atoms with Gasteiger partial charge in [-0.3, -0.25) is 4.79 Å². The van der Waals surface area contributed by atoms with Crippen LogP contribution in [-0.4, -0.2) is 55.2 Å². The molecule has 1 amide bonds. The Kier molecular flexibility index (Phi) is 5.76. The third-order valence-corrected chi connectivity index (χ3v) is 5.11. The van der Waals surface area contributed by atoms with E-state index in [-0.39, 0.29) is 5.56 Å². The van der Waals surface area contributed by atoms with Gasteiger partial charge in [0.1, 0.15) is 0 Å². The van der Waals surface area contributed by atoms with E-state index in [0.29, 0.717) is 0 Å². The SMILES string of the molecule is CN1CCN(c2ncc(/C=N/NC(=O)c3ccc(C(F)(F)F)cc3)s2)CC1. The molecule has 0 unspecified atom stereocenters. The Morgan fingerprint density at radius 3 is 2.52 bits per heavy atom. The number of thiazole rings is 1. The highest BCUT2D eigenvalue weighted by Gasteiger charge is 2.30. The number of hydrogen-bond acceptors (Lipinski definition) is 6. The number of aromatic nitrogens is 1. The molecular weight excluding hydrogens is 379 g/mol. The summed E-state index contributed by atoms with van der Waals surface area (Å²) in [6.07, 6.45) is -1.29. The first-order chi connectivity index (χ1) is 12.8. The molecule has 27 heavy (non-hydrogen) atoms. The van der Waals surface area contributed by atoms with Crippen molar-refractivity contribution in [2.45, 2.75) is 6.18 Å². The van der Waals surface area contributed by atoms with Crippen LogP contribution in [0.15, 0.2) is 35.6 Å². The number of rotatable bonds is 4. The molecule has 1 aliphatic heterocycles. The topological polar surface area (TPSA) is 60.8 Å². The number of likely N-dealkylation sites (N-methyl/N-ethyl adjacent to an activating group) is 1. The van der Waals surface area contributed by atoms with Gasteiger partial charge < -0.3 is 9.80 Å². The molecule has 0 radical (unpaired) electrons. The summed E-state index contributed by atoms with van der Waals surface area (Å²) >= 11 is 1.46. The average Bonchev–Trinajstić information content (AvgIpc) is 3.10. The predicted molar refractivity (Wildman–Crippen MR) is 98.3 cm³/mol. The molecule has 10 heteroatoms. The highest BCUT2D eigenvalue weighted by atomic mass is 32.1. The maximum atomic E-state index is 12.5. The van der Waals surface area contributed by atoms with E-state index in [9.17, 15) is 18.0 Å². The highest BCUT2D eigenvalue weighted by Crippen LogP contribution is 2.29. The molecule has 1 saturated heterocycles. The van der Waals surface area contributed by atoms with Gasteiger partial charge in [0.05, 0.1) is 16.7 Å². The average molecular weight is 397 g/mol. The summed E-state index contributed by atoms with van der Waals surface area (Å²) in [5.41, 5.74) is 1.61. The second-order valence-corrected chi connectivity index (χ2v) is 7.15. The summed E-state index contributed by atoms with van der Waals surface area (Å²) < 4.78 is 37.6. The number of halogens is 3. The zero-order chi connectivity index (χ0) is 19.4. The van der Waals surface area contributed by atoms with Crippen LogP contribution in [0.5, 0.6) is 0 Å². The molecule has 6 nitrogen and oxygen atoms in total. The molecule has 0 atom stereocenters. The maximum Gasteiger partial charge on any atom is 0.416 e. The number of amides is 1. The van der Waals surface area contributed by atoms with E-state index in [1.807, 2.05) is 0 Å². The van der Waals surface area contributed by atoms with Crippen molar-refractivity contribution >= 4 is 28.6 Å². The number of carbonyl (C=O) groups is 1. The third kappa shape index (κ3) is 5.04. The molecule has 0 aliphatic carbocycles. The van der Waals surface area contributed by atoms with Gasteiger partial charge in [0.25, 0.3) is 5.91 Å². The Morgan fingerprint density at radius 1 is 1.22 bits per heavy atom. The highest BCUT2D eigenvalue weighted by molar-refractivity contribution is 7.17. The van der Waals surface area contributed by atoms with Crippen LogP contribution in [0, 0.1) is 0 Å². The first-order valence-electron chi connectivity index (χ1n) is 8.23. The zero-order valence-electron chi connectivity index (χ0n) is 14.5. The second kappa shape index (κ2) is 8.05. The lowest BCUT2D eigenvalue weighted by molar-refractivity contribution is -0.137. The molecule has 1 fully saturated rings. The van der Waals surface area contributed by atoms with Crippen LogP contribution in [0.25, 0.3) is 0 Å². The smallest absolute Gasteiger partial charge is 0.346 e. The number of hydrogen-bond donors (Lipinski definition) is 1. The molecule has 2 heterocycles. The van der Waals surface area contributed by atoms with Crippen LogP contribution in [0.2, 0.25) is 0 Å². The van der Waals surface area contributed by atoms with Crippen LogP contribution in [0.3, 0.4) is 0 Å². The Hall–Kier alpha value is -2.46. The molecule has 0 spiro atoms. The van der Waals surface area contributed by atoms with E-state index in [0.717, 1.165) is 60.5 Å². The van der Waals surface area contributed by atoms with E-state index in [2.05, 4.69) is 32.4 Å². The number of nitrogens with one attached hydrogen (secondary N) is 1. The third-order valence-electron chi connectivity index (χ3n) is 4.12. The van der Waals surface area contributed by atoms with E-state index in [1.54, 1.807) is 6.20 Å². The van der Waals surface area contributed by atoms with Crippen molar-refractivity contribution in [2.75, 3.05) is 38.1 Å². The Morgan fingerprint density at radius 2 is 1.89 bits per heavy atom. The van der Waals surface area contributed by atoms with Gasteiger partial charge in [-0.05, 0) is 31.3 Å². The van der Waals surface area contributed by atoms with Gasteiger partial charge in [-0.25, -0.2) is 10.4 Å². The molecule has 2 aromatic rings. The number of benzene rings is 1. The maximum absolute atomic E-state index is 12.5. The molecule has 3 rings (SSSR count). The fourth-order valence-electron chi connectivity index (χ4n) is 2.51. The van der Waals surface area contributed by atoms with Crippen LogP contribution in [-0.2, 0) is 6.18 Å². The Bertz CT molecular complexity index is 811. The molecule has 0 bridgehead atoms. The van der Waals surface area contributed by atoms with Gasteiger partial charge in [0.15, 0.2) is 5.13 Å². The first kappa shape index (κ1) is 19.3. The lowest BCUT2D eigenvalue weighted by Gasteiger charge is -2.32. The summed E-state index contributed by atoms with van der Waals surface area (Å²) in [6.45, 7) is 3.77. The fourth-order valence-corrected chi connectivity index (χ4v) is 3.35. The van der Waals surface area contributed by atoms with E-state index < -0.39 is 17.6 Å². The van der Waals surface area contributed by atoms with Crippen LogP contribution >= 0.6 is 11.3 Å². The molecule has 1 aliphatic rings. The van der Waals surface area contributed by atoms with Gasteiger partial charge in [-0.2, -0.15) is 18.3 Å². The van der Waals surface area contributed by atoms with Crippen LogP contribution in [0.1, 0.15) is 20.8 Å². The number of hydrazone groups is 1. The molecule has 1 aromatic carbocycles. The van der Waals surface area contributed by atoms with Crippen molar-refractivity contribution < 1.29 is 18.0 Å². The van der Waals surface area contributed by atoms with Crippen molar-refractivity contribution in [2.24, 2.45) is 5.10 Å². The fraction of sp³-hybridized carbons (Fsp3) is 0.353. The predicted octanol–water partition coefficient (Wildman–Crippen LogP) is 2.68. The Labute approximate surface area is 158 Å². The van der Waals surface area contributed by atoms with E-state index >= 15 is 0 Å². The van der Waals surface area contributed by atoms with Gasteiger partial charge in [0.2, 0.25) is 0 Å². The minimum Gasteiger partial charge on any atom is -0.346 e. The van der Waals surface area contributed by atoms with Crippen LogP contribution in [0.4, 0.5) is 18.3 Å². The van der Waals surface area contributed by atoms with Crippen LogP contribution < -0.4 is 10.3 Å². The summed E-state index contributed by atoms with van der Waals surface area (Å²) in [4.78, 5) is 21.5. The standard InChI is InChI=1S/C17H18F3N5OS/c1-24-6-8-25(9-7-24)16-21-10-14(27-16)11-22-23-15(26)12-2-4-13(5-3-12)17(18,19)20/h2-5,10-11H,6-9H2,1H3,(H,23,26)/b22-11+. The lowest BCUT2D eigenvalue weighted by atomic mass is 10.1.